The molecule has 12 heavy (non-hydrogen) atoms. The molecule has 0 aliphatic rings. The first kappa shape index (κ1) is 10.6. The van der Waals surface area contributed by atoms with E-state index in [0.717, 1.165) is 0 Å². The Morgan fingerprint density at radius 2 is 2.17 bits per heavy atom. The van der Waals surface area contributed by atoms with Crippen LogP contribution in [0.2, 0.25) is 0 Å². The van der Waals surface area contributed by atoms with Gasteiger partial charge >= 0.3 is 5.97 Å². The molecular weight excluding hydrogens is 156 g/mol. The highest BCUT2D eigenvalue weighted by atomic mass is 16.5. The van der Waals surface area contributed by atoms with E-state index >= 15 is 0 Å². The number of methoxy groups -OCH3 is 1. The van der Waals surface area contributed by atoms with Crippen molar-refractivity contribution in [2.24, 2.45) is 4.99 Å². The molecule has 0 radical (unpaired) electrons. The molecule has 0 saturated heterocycles. The molecule has 0 atom stereocenters. The van der Waals surface area contributed by atoms with E-state index in [4.69, 9.17) is 5.41 Å². The molecule has 0 aromatic heterocycles. The van der Waals surface area contributed by atoms with Gasteiger partial charge < -0.3 is 10.1 Å². The molecule has 0 aliphatic heterocycles. The first-order chi connectivity index (χ1) is 5.63. The Morgan fingerprint density at radius 1 is 1.58 bits per heavy atom. The van der Waals surface area contributed by atoms with Crippen molar-refractivity contribution in [1.82, 2.24) is 0 Å². The molecule has 0 rings (SSSR count). The number of hydrogen-bond donors (Lipinski definition) is 1. The van der Waals surface area contributed by atoms with Crippen LogP contribution < -0.4 is 0 Å². The molecule has 1 N–H and O–H groups in total. The Morgan fingerprint density at radius 3 is 2.50 bits per heavy atom. The Kier molecular flexibility index (Phi) is 4.60. The molecule has 0 amide bonds. The molecule has 0 aromatic carbocycles. The normalized spacial score (nSPS) is 11.8. The van der Waals surface area contributed by atoms with Gasteiger partial charge in [-0.05, 0) is 13.8 Å². The summed E-state index contributed by atoms with van der Waals surface area (Å²) in [6, 6.07) is 0. The van der Waals surface area contributed by atoms with Crippen LogP contribution in [0.15, 0.2) is 16.8 Å². The average Bonchev–Trinajstić information content (AvgIpc) is 2.04. The molecular formula is C8H12N2O2. The SMILES string of the molecule is CC=N/C=C(\C(C)=N)C(=O)OC. The summed E-state index contributed by atoms with van der Waals surface area (Å²) in [6.45, 7) is 3.23. The molecule has 0 aliphatic carbocycles. The van der Waals surface area contributed by atoms with Crippen molar-refractivity contribution in [2.45, 2.75) is 13.8 Å². The van der Waals surface area contributed by atoms with Crippen LogP contribution in [0.3, 0.4) is 0 Å². The monoisotopic (exact) mass is 168 g/mol. The molecule has 0 bridgehead atoms. The fourth-order valence-corrected chi connectivity index (χ4v) is 0.562. The lowest BCUT2D eigenvalue weighted by Crippen LogP contribution is -2.10. The molecule has 0 unspecified atom stereocenters. The minimum Gasteiger partial charge on any atom is -0.465 e. The fourth-order valence-electron chi connectivity index (χ4n) is 0.562. The van der Waals surface area contributed by atoms with Crippen molar-refractivity contribution in [1.29, 1.82) is 5.41 Å². The number of carbonyl (C=O) groups excluding carboxylic acids is 1. The predicted molar refractivity (Wildman–Crippen MR) is 47.7 cm³/mol. The van der Waals surface area contributed by atoms with Crippen molar-refractivity contribution in [2.75, 3.05) is 7.11 Å². The van der Waals surface area contributed by atoms with Crippen molar-refractivity contribution in [3.8, 4) is 0 Å². The summed E-state index contributed by atoms with van der Waals surface area (Å²) in [5.41, 5.74) is 0.322. The number of ether oxygens (including phenoxy) is 1. The van der Waals surface area contributed by atoms with Crippen molar-refractivity contribution in [3.63, 3.8) is 0 Å². The maximum absolute atomic E-state index is 11.0. The number of esters is 1. The number of nitrogens with zero attached hydrogens (tertiary/aromatic N) is 1. The van der Waals surface area contributed by atoms with Gasteiger partial charge in [0, 0.05) is 18.1 Å². The summed E-state index contributed by atoms with van der Waals surface area (Å²) in [5, 5.41) is 7.22. The van der Waals surface area contributed by atoms with Crippen molar-refractivity contribution < 1.29 is 9.53 Å². The van der Waals surface area contributed by atoms with E-state index in [1.54, 1.807) is 6.92 Å². The third-order valence-electron chi connectivity index (χ3n) is 1.16. The standard InChI is InChI=1S/C8H12N2O2/c1-4-10-5-7(6(2)9)8(11)12-3/h4-5,9H,1-3H3/b7-5+,9-6?,10-4?. The van der Waals surface area contributed by atoms with E-state index < -0.39 is 5.97 Å². The van der Waals surface area contributed by atoms with Gasteiger partial charge in [-0.3, -0.25) is 4.99 Å². The minimum atomic E-state index is -0.534. The molecule has 0 spiro atoms. The molecule has 4 nitrogen and oxygen atoms in total. The van der Waals surface area contributed by atoms with Gasteiger partial charge in [-0.1, -0.05) is 0 Å². The van der Waals surface area contributed by atoms with Crippen LogP contribution in [0.5, 0.6) is 0 Å². The summed E-state index contributed by atoms with van der Waals surface area (Å²) in [5.74, 6) is -0.534. The van der Waals surface area contributed by atoms with Gasteiger partial charge in [0.15, 0.2) is 0 Å². The summed E-state index contributed by atoms with van der Waals surface area (Å²) in [4.78, 5) is 14.7. The zero-order valence-corrected chi connectivity index (χ0v) is 7.42. The number of aliphatic imine (C=N–C) groups is 1. The van der Waals surface area contributed by atoms with Crippen LogP contribution in [0.1, 0.15) is 13.8 Å². The van der Waals surface area contributed by atoms with E-state index in [1.165, 1.54) is 26.4 Å². The van der Waals surface area contributed by atoms with Crippen LogP contribution >= 0.6 is 0 Å². The quantitative estimate of drug-likeness (QED) is 0.390. The zero-order chi connectivity index (χ0) is 9.56. The maximum Gasteiger partial charge on any atom is 0.341 e. The number of carbonyl (C=O) groups is 1. The number of nitrogens with one attached hydrogen (secondary N) is 1. The average molecular weight is 168 g/mol. The Bertz CT molecular complexity index is 241. The van der Waals surface area contributed by atoms with Gasteiger partial charge in [-0.15, -0.1) is 0 Å². The van der Waals surface area contributed by atoms with E-state index in [1.807, 2.05) is 0 Å². The lowest BCUT2D eigenvalue weighted by molar-refractivity contribution is -0.135. The fraction of sp³-hybridized carbons (Fsp3) is 0.375. The summed E-state index contributed by atoms with van der Waals surface area (Å²) in [6.07, 6.45) is 2.85. The topological polar surface area (TPSA) is 62.5 Å². The van der Waals surface area contributed by atoms with Gasteiger partial charge in [0.1, 0.15) is 0 Å². The second-order valence-corrected chi connectivity index (χ2v) is 2.07. The van der Waals surface area contributed by atoms with Gasteiger partial charge in [0.2, 0.25) is 0 Å². The third-order valence-corrected chi connectivity index (χ3v) is 1.16. The Labute approximate surface area is 71.5 Å². The first-order valence-corrected chi connectivity index (χ1v) is 3.45. The second-order valence-electron chi connectivity index (χ2n) is 2.07. The van der Waals surface area contributed by atoms with E-state index in [9.17, 15) is 4.79 Å². The van der Waals surface area contributed by atoms with E-state index in [-0.39, 0.29) is 11.3 Å². The Hall–Kier alpha value is -1.45. The predicted octanol–water partition coefficient (Wildman–Crippen LogP) is 1.17. The third kappa shape index (κ3) is 3.09. The van der Waals surface area contributed by atoms with Gasteiger partial charge in [0.05, 0.1) is 12.7 Å². The maximum atomic E-state index is 11.0. The molecule has 0 fully saturated rings. The Balaban J connectivity index is 4.66. The highest BCUT2D eigenvalue weighted by Crippen LogP contribution is 1.99. The first-order valence-electron chi connectivity index (χ1n) is 3.45. The summed E-state index contributed by atoms with van der Waals surface area (Å²) < 4.78 is 4.45. The molecule has 0 heterocycles. The largest absolute Gasteiger partial charge is 0.465 e. The molecule has 66 valence electrons. The van der Waals surface area contributed by atoms with Crippen LogP contribution in [-0.4, -0.2) is 25.0 Å². The van der Waals surface area contributed by atoms with Gasteiger partial charge in [0.25, 0.3) is 0 Å². The second kappa shape index (κ2) is 5.23. The molecule has 0 saturated carbocycles. The van der Waals surface area contributed by atoms with Gasteiger partial charge in [-0.2, -0.15) is 0 Å². The van der Waals surface area contributed by atoms with Crippen LogP contribution in [-0.2, 0) is 9.53 Å². The summed E-state index contributed by atoms with van der Waals surface area (Å²) >= 11 is 0. The van der Waals surface area contributed by atoms with Crippen LogP contribution in [0.4, 0.5) is 0 Å². The highest BCUT2D eigenvalue weighted by molar-refractivity contribution is 6.17. The smallest absolute Gasteiger partial charge is 0.341 e. The van der Waals surface area contributed by atoms with Crippen molar-refractivity contribution in [3.05, 3.63) is 11.8 Å². The van der Waals surface area contributed by atoms with Gasteiger partial charge in [-0.25, -0.2) is 4.79 Å². The lowest BCUT2D eigenvalue weighted by Gasteiger charge is -2.00. The van der Waals surface area contributed by atoms with E-state index in [0.29, 0.717) is 0 Å². The minimum absolute atomic E-state index is 0.146. The lowest BCUT2D eigenvalue weighted by atomic mass is 10.2. The van der Waals surface area contributed by atoms with E-state index in [2.05, 4.69) is 9.73 Å². The van der Waals surface area contributed by atoms with Crippen molar-refractivity contribution >= 4 is 17.9 Å². The number of hydrogen-bond acceptors (Lipinski definition) is 4. The van der Waals surface area contributed by atoms with Crippen LogP contribution in [0.25, 0.3) is 0 Å². The number of rotatable bonds is 3. The van der Waals surface area contributed by atoms with Crippen LogP contribution in [0, 0.1) is 5.41 Å². The molecule has 4 heteroatoms. The zero-order valence-electron chi connectivity index (χ0n) is 7.42. The summed E-state index contributed by atoms with van der Waals surface area (Å²) in [7, 11) is 1.27. The highest BCUT2D eigenvalue weighted by Gasteiger charge is 2.10. The molecule has 0 aromatic rings.